The fourth-order valence-electron chi connectivity index (χ4n) is 6.45. The van der Waals surface area contributed by atoms with Crippen LogP contribution in [0.3, 0.4) is 0 Å². The number of nitrogens with one attached hydrogen (secondary N) is 2. The van der Waals surface area contributed by atoms with Gasteiger partial charge in [0.2, 0.25) is 0 Å². The summed E-state index contributed by atoms with van der Waals surface area (Å²) in [5.41, 5.74) is 10.6. The number of hydrogen-bond donors (Lipinski definition) is 6. The fourth-order valence-corrected chi connectivity index (χ4v) is 8.93. The summed E-state index contributed by atoms with van der Waals surface area (Å²) in [5.74, 6) is 8.95. The Morgan fingerprint density at radius 1 is 1.14 bits per heavy atom. The number of anilines is 1. The number of Topliss-reactive ketones (excluding diaryl/α,β-unsaturated/α-hetero) is 1. The first-order valence-electron chi connectivity index (χ1n) is 20.8. The van der Waals surface area contributed by atoms with Crippen molar-refractivity contribution in [2.24, 2.45) is 11.7 Å². The summed E-state index contributed by atoms with van der Waals surface area (Å²) in [6.45, 7) is 17.1. The number of nitrogens with two attached hydrogens (primary N) is 1. The number of terminal acetylenes is 1. The molecule has 0 radical (unpaired) electrons. The van der Waals surface area contributed by atoms with Gasteiger partial charge in [0.25, 0.3) is 6.47 Å². The van der Waals surface area contributed by atoms with Crippen molar-refractivity contribution >= 4 is 39.5 Å². The van der Waals surface area contributed by atoms with Crippen LogP contribution in [0.15, 0.2) is 59.3 Å². The van der Waals surface area contributed by atoms with E-state index >= 15 is 0 Å². The number of ether oxygens (including phenoxy) is 5. The van der Waals surface area contributed by atoms with E-state index in [0.717, 1.165) is 19.2 Å². The molecule has 2 saturated heterocycles. The van der Waals surface area contributed by atoms with Gasteiger partial charge in [0.1, 0.15) is 11.0 Å². The van der Waals surface area contributed by atoms with Crippen LogP contribution in [0.4, 0.5) is 5.69 Å². The summed E-state index contributed by atoms with van der Waals surface area (Å²) in [6.07, 6.45) is 9.04. The number of methoxy groups -OCH3 is 2. The second-order valence-electron chi connectivity index (χ2n) is 14.2. The largest absolute Gasteiger partial charge is 1.00 e. The molecular weight excluding hydrogens is 858 g/mol. The van der Waals surface area contributed by atoms with Gasteiger partial charge in [0, 0.05) is 56.1 Å². The minimum Gasteiger partial charge on any atom is -0.852 e. The van der Waals surface area contributed by atoms with Crippen molar-refractivity contribution in [1.82, 2.24) is 5.32 Å². The van der Waals surface area contributed by atoms with Crippen LogP contribution in [0.1, 0.15) is 86.6 Å². The maximum absolute atomic E-state index is 12.8. The Hall–Kier alpha value is -2.36. The molecule has 350 valence electrons. The molecule has 9 atom stereocenters. The fraction of sp³-hybridized carbons (Fsp3) is 0.609. The maximum atomic E-state index is 12.8. The Balaban J connectivity index is 0. The smallest absolute Gasteiger partial charge is 0.852 e. The number of hydrogen-bond acceptors (Lipinski definition) is 16. The molecule has 0 saturated carbocycles. The van der Waals surface area contributed by atoms with Crippen molar-refractivity contribution in [3.63, 3.8) is 0 Å². The van der Waals surface area contributed by atoms with Gasteiger partial charge in [-0.05, 0) is 56.5 Å². The minimum absolute atomic E-state index is 0. The summed E-state index contributed by atoms with van der Waals surface area (Å²) in [4.78, 5) is 21.6. The van der Waals surface area contributed by atoms with Crippen LogP contribution < -0.4 is 51.0 Å². The summed E-state index contributed by atoms with van der Waals surface area (Å²) in [7, 11) is 7.47. The number of carbonyl (C=O) groups excluding carboxylic acids is 2. The van der Waals surface area contributed by atoms with E-state index in [0.29, 0.717) is 50.1 Å². The van der Waals surface area contributed by atoms with Crippen molar-refractivity contribution < 1.29 is 83.3 Å². The van der Waals surface area contributed by atoms with Crippen LogP contribution in [0.2, 0.25) is 0 Å². The molecule has 1 aliphatic carbocycles. The number of ketones is 1. The van der Waals surface area contributed by atoms with Crippen molar-refractivity contribution in [2.45, 2.75) is 135 Å². The Labute approximate surface area is 407 Å². The van der Waals surface area contributed by atoms with E-state index in [9.17, 15) is 15.0 Å². The van der Waals surface area contributed by atoms with Crippen LogP contribution in [0, 0.1) is 30.1 Å². The molecule has 7 N–H and O–H groups in total. The van der Waals surface area contributed by atoms with Crippen LogP contribution in [0.25, 0.3) is 0 Å². The molecule has 17 heteroatoms. The standard InChI is InChI=1S/C30H34N2O4S2.C8H17NO3.C3H7O.C2H4O2.C2H6.CH4O.Na/c1-5-6-7-8-13-26(36-27-18-21(33)17-20(3)35-27)28-22(19(2)16-25(34)29(28)31)14-15-37-38-30(4)23-11-9-10-12-24(23)32-30;1-3-9-6-5-12-8(10)4-7(6)11-2;1-3(2)4;1-4-2-3;2*1-2;/h1,6-7,9-12,14,19-21,26-27,32-33H,15-18,31H2,2-4H3;6-10H,3-5H2,1-2H3;3H,1-2H3;2H,1H3;1-2H3;2H,1H3;/q;;-1;;;;+1/b7-6-,22-14-;;;;;;/t19?,20?,21?,26-,27?,30?;6?,7-,8?;;;;;/m00...../s1. The first-order valence-corrected chi connectivity index (χ1v) is 23.1. The van der Waals surface area contributed by atoms with Gasteiger partial charge in [-0.2, -0.15) is 0 Å². The normalized spacial score (nSPS) is 26.6. The number of aliphatic hydroxyl groups excluding tert-OH is 3. The number of allylic oxidation sites excluding steroid dienone is 3. The van der Waals surface area contributed by atoms with E-state index in [4.69, 9.17) is 46.1 Å². The summed E-state index contributed by atoms with van der Waals surface area (Å²) in [6, 6.07) is 8.53. The molecule has 5 rings (SSSR count). The van der Waals surface area contributed by atoms with Crippen LogP contribution in [-0.2, 0) is 38.1 Å². The number of fused-ring (bicyclic) bond motifs is 1. The zero-order chi connectivity index (χ0) is 47.3. The zero-order valence-electron chi connectivity index (χ0n) is 39.3. The molecule has 3 aliphatic heterocycles. The molecule has 1 aromatic carbocycles. The van der Waals surface area contributed by atoms with Gasteiger partial charge in [0.15, 0.2) is 18.4 Å². The average molecular weight is 930 g/mol. The van der Waals surface area contributed by atoms with E-state index in [1.807, 2.05) is 40.7 Å². The Kier molecular flexibility index (Phi) is 35.7. The van der Waals surface area contributed by atoms with Gasteiger partial charge in [-0.25, -0.2) is 0 Å². The van der Waals surface area contributed by atoms with Gasteiger partial charge in [-0.3, -0.25) is 9.59 Å². The van der Waals surface area contributed by atoms with Gasteiger partial charge >= 0.3 is 29.6 Å². The number of benzene rings is 1. The average Bonchev–Trinajstić information content (AvgIpc) is 3.24. The van der Waals surface area contributed by atoms with E-state index in [2.05, 4.69) is 64.3 Å². The third-order valence-corrected chi connectivity index (χ3v) is 11.9. The minimum atomic E-state index is -0.812. The molecule has 63 heavy (non-hydrogen) atoms. The molecule has 0 amide bonds. The maximum Gasteiger partial charge on any atom is 1.00 e. The first kappa shape index (κ1) is 62.7. The van der Waals surface area contributed by atoms with Crippen molar-refractivity contribution in [1.29, 1.82) is 0 Å². The van der Waals surface area contributed by atoms with Crippen molar-refractivity contribution in [3.8, 4) is 24.2 Å². The molecule has 4 aliphatic rings. The SMILES string of the molecule is C#C/C=C\C#C[C@H](OC1CC(O)CC(C)O1)C1=C(N)C(=O)CC(C)/C1=C/CSSC1(C)Nc2ccccc21.CC.CC(C)[O-].CCNC1COC(O)C[C@@H]1OC.CO.COC=O.[Na+]. The molecule has 0 aromatic heterocycles. The summed E-state index contributed by atoms with van der Waals surface area (Å²) in [5, 5.41) is 42.7. The first-order chi connectivity index (χ1) is 29.6. The van der Waals surface area contributed by atoms with Gasteiger partial charge in [-0.15, -0.1) is 12.5 Å². The van der Waals surface area contributed by atoms with Crippen molar-refractivity contribution in [3.05, 3.63) is 64.9 Å². The Morgan fingerprint density at radius 2 is 1.78 bits per heavy atom. The Morgan fingerprint density at radius 3 is 2.33 bits per heavy atom. The van der Waals surface area contributed by atoms with E-state index in [-0.39, 0.29) is 70.1 Å². The second kappa shape index (κ2) is 35.8. The van der Waals surface area contributed by atoms with E-state index < -0.39 is 30.9 Å². The number of aliphatic hydroxyl groups is 3. The van der Waals surface area contributed by atoms with E-state index in [1.165, 1.54) is 24.4 Å². The van der Waals surface area contributed by atoms with Crippen molar-refractivity contribution in [2.75, 3.05) is 45.6 Å². The summed E-state index contributed by atoms with van der Waals surface area (Å²) < 4.78 is 26.4. The molecular formula is C46H72N3NaO11S2. The van der Waals surface area contributed by atoms with Crippen LogP contribution in [-0.4, -0.2) is 117 Å². The number of likely N-dealkylation sites (N-methyl/N-ethyl adjacent to an activating group) is 1. The molecule has 0 bridgehead atoms. The third kappa shape index (κ3) is 23.1. The predicted octanol–water partition coefficient (Wildman–Crippen LogP) is 1.78. The molecule has 14 nitrogen and oxygen atoms in total. The number of para-hydroxylation sites is 1. The molecule has 3 heterocycles. The van der Waals surface area contributed by atoms with E-state index in [1.54, 1.807) is 48.6 Å². The van der Waals surface area contributed by atoms with Gasteiger partial charge < -0.3 is 60.5 Å². The summed E-state index contributed by atoms with van der Waals surface area (Å²) >= 11 is 0. The van der Waals surface area contributed by atoms with Crippen LogP contribution in [0.5, 0.6) is 0 Å². The zero-order valence-corrected chi connectivity index (χ0v) is 43.0. The number of rotatable bonds is 11. The topological polar surface area (TPSA) is 214 Å². The quantitative estimate of drug-likeness (QED) is 0.0614. The molecule has 7 unspecified atom stereocenters. The number of carbonyl (C=O) groups is 2. The molecule has 2 fully saturated rings. The van der Waals surface area contributed by atoms with Gasteiger partial charge in [-0.1, -0.05) is 105 Å². The monoisotopic (exact) mass is 929 g/mol. The second-order valence-corrected chi connectivity index (χ2v) is 17.0. The molecule has 0 spiro atoms. The predicted molar refractivity (Wildman–Crippen MR) is 248 cm³/mol. The molecule has 1 aromatic rings. The Bertz CT molecular complexity index is 1640. The van der Waals surface area contributed by atoms with Crippen LogP contribution >= 0.6 is 21.6 Å². The third-order valence-electron chi connectivity index (χ3n) is 9.03. The van der Waals surface area contributed by atoms with Gasteiger partial charge in [0.05, 0.1) is 43.8 Å².